The first-order valence-electron chi connectivity index (χ1n) is 9.59. The highest BCUT2D eigenvalue weighted by molar-refractivity contribution is 7.99. The van der Waals surface area contributed by atoms with Crippen molar-refractivity contribution in [2.24, 2.45) is 0 Å². The maximum absolute atomic E-state index is 11.8. The van der Waals surface area contributed by atoms with Gasteiger partial charge in [-0.1, -0.05) is 12.1 Å². The Hall–Kier alpha value is -3.59. The fourth-order valence-corrected chi connectivity index (χ4v) is 3.68. The molecule has 0 aliphatic heterocycles. The van der Waals surface area contributed by atoms with Gasteiger partial charge in [0.2, 0.25) is 0 Å². The molecular weight excluding hydrogens is 416 g/mol. The molecule has 0 spiro atoms. The summed E-state index contributed by atoms with van der Waals surface area (Å²) in [7, 11) is 1.62. The van der Waals surface area contributed by atoms with E-state index in [2.05, 4.69) is 15.2 Å². The second kappa shape index (κ2) is 9.48. The van der Waals surface area contributed by atoms with Crippen molar-refractivity contribution in [1.29, 1.82) is 0 Å². The predicted octanol–water partition coefficient (Wildman–Crippen LogP) is 4.32. The van der Waals surface area contributed by atoms with E-state index in [1.807, 2.05) is 41.0 Å². The van der Waals surface area contributed by atoms with Gasteiger partial charge >= 0.3 is 5.97 Å². The molecule has 31 heavy (non-hydrogen) atoms. The van der Waals surface area contributed by atoms with Crippen molar-refractivity contribution >= 4 is 17.7 Å². The van der Waals surface area contributed by atoms with E-state index in [4.69, 9.17) is 13.9 Å². The van der Waals surface area contributed by atoms with Crippen LogP contribution in [0.5, 0.6) is 5.75 Å². The number of esters is 1. The molecule has 0 atom stereocenters. The number of aromatic nitrogens is 4. The van der Waals surface area contributed by atoms with E-state index in [1.165, 1.54) is 18.0 Å². The number of rotatable bonds is 8. The average Bonchev–Trinajstić information content (AvgIpc) is 3.45. The number of methoxy groups -OCH3 is 1. The number of furan rings is 1. The first kappa shape index (κ1) is 20.7. The molecule has 0 saturated carbocycles. The number of nitrogens with zero attached hydrogens (tertiary/aromatic N) is 4. The van der Waals surface area contributed by atoms with Crippen LogP contribution in [0.3, 0.4) is 0 Å². The summed E-state index contributed by atoms with van der Waals surface area (Å²) in [6, 6.07) is 14.8. The van der Waals surface area contributed by atoms with Crippen LogP contribution in [0.1, 0.15) is 23.0 Å². The lowest BCUT2D eigenvalue weighted by molar-refractivity contribution is 0.0525. The molecule has 0 unspecified atom stereocenters. The largest absolute Gasteiger partial charge is 0.497 e. The van der Waals surface area contributed by atoms with Gasteiger partial charge in [-0.2, -0.15) is 0 Å². The van der Waals surface area contributed by atoms with Gasteiger partial charge in [0.25, 0.3) is 0 Å². The zero-order valence-electron chi connectivity index (χ0n) is 17.0. The SMILES string of the molecule is CCOC(=O)c1ccc(Sc2nnc(-c3cccc(OC)c3)n2Cc2ccco2)nc1. The number of carbonyl (C=O) groups excluding carboxylic acids is 1. The molecule has 4 rings (SSSR count). The Morgan fingerprint density at radius 1 is 1.16 bits per heavy atom. The van der Waals surface area contributed by atoms with E-state index < -0.39 is 5.97 Å². The van der Waals surface area contributed by atoms with E-state index >= 15 is 0 Å². The molecule has 0 fully saturated rings. The zero-order valence-corrected chi connectivity index (χ0v) is 17.8. The zero-order chi connectivity index (χ0) is 21.6. The lowest BCUT2D eigenvalue weighted by Gasteiger charge is -2.09. The summed E-state index contributed by atoms with van der Waals surface area (Å²) in [5.74, 6) is 1.79. The van der Waals surface area contributed by atoms with E-state index in [0.717, 1.165) is 17.1 Å². The molecule has 3 aromatic heterocycles. The number of ether oxygens (including phenoxy) is 2. The number of hydrogen-bond acceptors (Lipinski definition) is 8. The van der Waals surface area contributed by atoms with Gasteiger partial charge in [0.05, 0.1) is 32.1 Å². The molecule has 0 amide bonds. The van der Waals surface area contributed by atoms with E-state index in [0.29, 0.717) is 34.7 Å². The molecule has 4 aromatic rings. The van der Waals surface area contributed by atoms with E-state index in [-0.39, 0.29) is 0 Å². The van der Waals surface area contributed by atoms with Crippen LogP contribution in [-0.2, 0) is 11.3 Å². The number of hydrogen-bond donors (Lipinski definition) is 0. The normalized spacial score (nSPS) is 10.8. The van der Waals surface area contributed by atoms with Crippen LogP contribution < -0.4 is 4.74 Å². The average molecular weight is 436 g/mol. The monoisotopic (exact) mass is 436 g/mol. The molecule has 0 aliphatic rings. The fraction of sp³-hybridized carbons (Fsp3) is 0.182. The van der Waals surface area contributed by atoms with Crippen molar-refractivity contribution in [1.82, 2.24) is 19.7 Å². The second-order valence-electron chi connectivity index (χ2n) is 6.41. The minimum atomic E-state index is -0.396. The van der Waals surface area contributed by atoms with Gasteiger partial charge in [0, 0.05) is 11.8 Å². The Morgan fingerprint density at radius 3 is 2.77 bits per heavy atom. The first-order valence-corrected chi connectivity index (χ1v) is 10.4. The Labute approximate surface area is 183 Å². The summed E-state index contributed by atoms with van der Waals surface area (Å²) >= 11 is 1.35. The summed E-state index contributed by atoms with van der Waals surface area (Å²) in [5.41, 5.74) is 1.27. The molecule has 3 heterocycles. The van der Waals surface area contributed by atoms with Crippen molar-refractivity contribution in [3.8, 4) is 17.1 Å². The third-order valence-corrected chi connectivity index (χ3v) is 5.32. The molecule has 0 saturated heterocycles. The number of pyridine rings is 1. The third kappa shape index (κ3) is 4.77. The van der Waals surface area contributed by atoms with Crippen LogP contribution in [0, 0.1) is 0 Å². The van der Waals surface area contributed by atoms with Crippen molar-refractivity contribution < 1.29 is 18.7 Å². The van der Waals surface area contributed by atoms with Crippen LogP contribution in [0.15, 0.2) is 75.6 Å². The molecule has 1 aromatic carbocycles. The molecule has 0 bridgehead atoms. The second-order valence-corrected chi connectivity index (χ2v) is 7.40. The maximum Gasteiger partial charge on any atom is 0.339 e. The maximum atomic E-state index is 11.8. The summed E-state index contributed by atoms with van der Waals surface area (Å²) in [5, 5.41) is 10.1. The van der Waals surface area contributed by atoms with Crippen molar-refractivity contribution in [3.05, 3.63) is 72.3 Å². The molecule has 8 nitrogen and oxygen atoms in total. The number of benzene rings is 1. The molecule has 158 valence electrons. The van der Waals surface area contributed by atoms with Gasteiger partial charge in [0.15, 0.2) is 11.0 Å². The topological polar surface area (TPSA) is 92.3 Å². The predicted molar refractivity (Wildman–Crippen MR) is 114 cm³/mol. The highest BCUT2D eigenvalue weighted by Gasteiger charge is 2.18. The number of carbonyl (C=O) groups is 1. The van der Waals surface area contributed by atoms with Gasteiger partial charge in [0.1, 0.15) is 16.5 Å². The minimum absolute atomic E-state index is 0.318. The van der Waals surface area contributed by atoms with E-state index in [9.17, 15) is 4.79 Å². The lowest BCUT2D eigenvalue weighted by atomic mass is 10.2. The third-order valence-electron chi connectivity index (χ3n) is 4.38. The summed E-state index contributed by atoms with van der Waals surface area (Å²) in [6.07, 6.45) is 3.13. The summed E-state index contributed by atoms with van der Waals surface area (Å²) < 4.78 is 17.8. The van der Waals surface area contributed by atoms with Crippen molar-refractivity contribution in [2.75, 3.05) is 13.7 Å². The first-order chi connectivity index (χ1) is 15.2. The standard InChI is InChI=1S/C22H20N4O4S/c1-3-29-21(27)16-9-10-19(23-13-16)31-22-25-24-20(15-6-4-7-17(12-15)28-2)26(22)14-18-8-5-11-30-18/h4-13H,3,14H2,1-2H3. The summed E-state index contributed by atoms with van der Waals surface area (Å²) in [4.78, 5) is 16.2. The fourth-order valence-electron chi connectivity index (χ4n) is 2.91. The molecular formula is C22H20N4O4S. The molecule has 0 aliphatic carbocycles. The van der Waals surface area contributed by atoms with Gasteiger partial charge in [-0.05, 0) is 55.1 Å². The highest BCUT2D eigenvalue weighted by atomic mass is 32.2. The van der Waals surface area contributed by atoms with Gasteiger partial charge in [-0.15, -0.1) is 10.2 Å². The van der Waals surface area contributed by atoms with Crippen molar-refractivity contribution in [3.63, 3.8) is 0 Å². The van der Waals surface area contributed by atoms with Crippen molar-refractivity contribution in [2.45, 2.75) is 23.7 Å². The Morgan fingerprint density at radius 2 is 2.06 bits per heavy atom. The van der Waals surface area contributed by atoms with Crippen LogP contribution in [0.25, 0.3) is 11.4 Å². The van der Waals surface area contributed by atoms with Crippen LogP contribution in [0.2, 0.25) is 0 Å². The molecule has 0 radical (unpaired) electrons. The molecule has 0 N–H and O–H groups in total. The molecule has 9 heteroatoms. The van der Waals surface area contributed by atoms with Gasteiger partial charge in [-0.3, -0.25) is 4.57 Å². The smallest absolute Gasteiger partial charge is 0.339 e. The van der Waals surface area contributed by atoms with Gasteiger partial charge < -0.3 is 13.9 Å². The van der Waals surface area contributed by atoms with Crippen LogP contribution in [0.4, 0.5) is 0 Å². The van der Waals surface area contributed by atoms with E-state index in [1.54, 1.807) is 32.4 Å². The van der Waals surface area contributed by atoms with Gasteiger partial charge in [-0.25, -0.2) is 9.78 Å². The highest BCUT2D eigenvalue weighted by Crippen LogP contribution is 2.30. The van der Waals surface area contributed by atoms with Crippen LogP contribution >= 0.6 is 11.8 Å². The van der Waals surface area contributed by atoms with Crippen LogP contribution in [-0.4, -0.2) is 39.4 Å². The Balaban J connectivity index is 1.65. The lowest BCUT2D eigenvalue weighted by Crippen LogP contribution is -2.05. The Kier molecular flexibility index (Phi) is 6.32. The quantitative estimate of drug-likeness (QED) is 0.377. The minimum Gasteiger partial charge on any atom is -0.497 e. The summed E-state index contributed by atoms with van der Waals surface area (Å²) in [6.45, 7) is 2.54. The Bertz CT molecular complexity index is 1160.